The Morgan fingerprint density at radius 2 is 1.88 bits per heavy atom. The minimum atomic E-state index is 0.557. The van der Waals surface area contributed by atoms with E-state index in [1.807, 2.05) is 6.92 Å². The molecule has 0 bridgehead atoms. The van der Waals surface area contributed by atoms with Crippen molar-refractivity contribution in [3.05, 3.63) is 5.82 Å². The summed E-state index contributed by atoms with van der Waals surface area (Å²) in [6.07, 6.45) is 8.17. The predicted octanol–water partition coefficient (Wildman–Crippen LogP) is 2.93. The largest absolute Gasteiger partial charge is 0.227 e. The predicted molar refractivity (Wildman–Crippen MR) is 74.1 cm³/mol. The van der Waals surface area contributed by atoms with Crippen molar-refractivity contribution >= 4 is 22.6 Å². The molecule has 0 saturated heterocycles. The zero-order valence-corrected chi connectivity index (χ0v) is 12.4. The van der Waals surface area contributed by atoms with Gasteiger partial charge in [-0.05, 0) is 54.9 Å². The van der Waals surface area contributed by atoms with E-state index in [-0.39, 0.29) is 0 Å². The number of nitrogens with zero attached hydrogens (tertiary/aromatic N) is 4. The van der Waals surface area contributed by atoms with Gasteiger partial charge in [0.2, 0.25) is 0 Å². The highest BCUT2D eigenvalue weighted by atomic mass is 127. The Labute approximate surface area is 116 Å². The van der Waals surface area contributed by atoms with Crippen molar-refractivity contribution in [2.24, 2.45) is 11.8 Å². The Morgan fingerprint density at radius 3 is 2.65 bits per heavy atom. The zero-order chi connectivity index (χ0) is 11.8. The molecule has 5 heteroatoms. The molecule has 1 heterocycles. The second-order valence-electron chi connectivity index (χ2n) is 5.44. The van der Waals surface area contributed by atoms with E-state index >= 15 is 0 Å². The zero-order valence-electron chi connectivity index (χ0n) is 10.2. The second kappa shape index (κ2) is 4.82. The number of rotatable bonds is 1. The van der Waals surface area contributed by atoms with Crippen LogP contribution in [0.2, 0.25) is 0 Å². The summed E-state index contributed by atoms with van der Waals surface area (Å²) in [5, 5.41) is 12.1. The molecule has 4 atom stereocenters. The standard InChI is InChI=1S/C12H19IN4/c1-8-14-15-16-17(8)12-7-3-4-9-10(12)5-2-6-11(9)13/h9-12H,2-7H2,1H3. The fraction of sp³-hybridized carbons (Fsp3) is 0.917. The number of tetrazole rings is 1. The highest BCUT2D eigenvalue weighted by Crippen LogP contribution is 2.48. The molecule has 17 heavy (non-hydrogen) atoms. The van der Waals surface area contributed by atoms with Crippen molar-refractivity contribution in [3.63, 3.8) is 0 Å². The number of aryl methyl sites for hydroxylation is 1. The maximum Gasteiger partial charge on any atom is 0.148 e. The summed E-state index contributed by atoms with van der Waals surface area (Å²) in [5.74, 6) is 2.68. The third-order valence-electron chi connectivity index (χ3n) is 4.53. The van der Waals surface area contributed by atoms with Gasteiger partial charge in [-0.3, -0.25) is 0 Å². The number of hydrogen-bond donors (Lipinski definition) is 0. The van der Waals surface area contributed by atoms with Crippen LogP contribution in [0.15, 0.2) is 0 Å². The molecule has 0 amide bonds. The van der Waals surface area contributed by atoms with Crippen molar-refractivity contribution in [2.75, 3.05) is 0 Å². The first-order valence-corrected chi connectivity index (χ1v) is 7.90. The third-order valence-corrected chi connectivity index (χ3v) is 6.08. The maximum absolute atomic E-state index is 4.21. The lowest BCUT2D eigenvalue weighted by atomic mass is 9.68. The van der Waals surface area contributed by atoms with E-state index in [4.69, 9.17) is 0 Å². The van der Waals surface area contributed by atoms with Gasteiger partial charge in [0.25, 0.3) is 0 Å². The first-order valence-electron chi connectivity index (χ1n) is 6.66. The molecule has 0 spiro atoms. The number of hydrogen-bond acceptors (Lipinski definition) is 3. The van der Waals surface area contributed by atoms with Crippen molar-refractivity contribution in [1.29, 1.82) is 0 Å². The van der Waals surface area contributed by atoms with Gasteiger partial charge in [0, 0.05) is 3.92 Å². The van der Waals surface area contributed by atoms with E-state index < -0.39 is 0 Å². The molecule has 4 unspecified atom stereocenters. The highest BCUT2D eigenvalue weighted by Gasteiger charge is 2.40. The number of alkyl halides is 1. The Balaban J connectivity index is 1.87. The van der Waals surface area contributed by atoms with Gasteiger partial charge in [-0.15, -0.1) is 5.10 Å². The summed E-state index contributed by atoms with van der Waals surface area (Å²) in [6.45, 7) is 2.02. The fourth-order valence-corrected chi connectivity index (χ4v) is 5.08. The molecule has 94 valence electrons. The molecule has 1 aromatic heterocycles. The van der Waals surface area contributed by atoms with E-state index in [2.05, 4.69) is 42.8 Å². The summed E-state index contributed by atoms with van der Waals surface area (Å²) in [6, 6.07) is 0.557. The second-order valence-corrected chi connectivity index (χ2v) is 7.04. The van der Waals surface area contributed by atoms with E-state index in [0.29, 0.717) is 6.04 Å². The maximum atomic E-state index is 4.21. The summed E-state index contributed by atoms with van der Waals surface area (Å²) < 4.78 is 2.96. The third kappa shape index (κ3) is 2.11. The molecule has 2 saturated carbocycles. The smallest absolute Gasteiger partial charge is 0.148 e. The van der Waals surface area contributed by atoms with Gasteiger partial charge in [-0.25, -0.2) is 4.68 Å². The van der Waals surface area contributed by atoms with Crippen molar-refractivity contribution < 1.29 is 0 Å². The average molecular weight is 346 g/mol. The number of aromatic nitrogens is 4. The molecule has 3 rings (SSSR count). The SMILES string of the molecule is Cc1nnnn1C1CCCC2C(I)CCCC21. The summed E-state index contributed by atoms with van der Waals surface area (Å²) >= 11 is 2.67. The van der Waals surface area contributed by atoms with Crippen molar-refractivity contribution in [1.82, 2.24) is 20.2 Å². The van der Waals surface area contributed by atoms with Crippen LogP contribution in [-0.2, 0) is 0 Å². The monoisotopic (exact) mass is 346 g/mol. The molecular formula is C12H19IN4. The lowest BCUT2D eigenvalue weighted by Crippen LogP contribution is -2.38. The van der Waals surface area contributed by atoms with E-state index in [1.165, 1.54) is 38.5 Å². The fourth-order valence-electron chi connectivity index (χ4n) is 3.74. The molecular weight excluding hydrogens is 327 g/mol. The summed E-state index contributed by atoms with van der Waals surface area (Å²) in [7, 11) is 0. The Hall–Kier alpha value is -0.200. The Bertz CT molecular complexity index is 392. The van der Waals surface area contributed by atoms with Crippen LogP contribution in [0.1, 0.15) is 50.4 Å². The summed E-state index contributed by atoms with van der Waals surface area (Å²) in [4.78, 5) is 0. The van der Waals surface area contributed by atoms with Gasteiger partial charge in [0.05, 0.1) is 6.04 Å². The number of halogens is 1. The topological polar surface area (TPSA) is 43.6 Å². The van der Waals surface area contributed by atoms with E-state index in [0.717, 1.165) is 21.6 Å². The molecule has 1 aromatic rings. The lowest BCUT2D eigenvalue weighted by molar-refractivity contribution is 0.108. The van der Waals surface area contributed by atoms with Crippen LogP contribution in [0.4, 0.5) is 0 Å². The molecule has 0 aliphatic heterocycles. The lowest BCUT2D eigenvalue weighted by Gasteiger charge is -2.43. The molecule has 0 N–H and O–H groups in total. The number of fused-ring (bicyclic) bond motifs is 1. The average Bonchev–Trinajstić information content (AvgIpc) is 2.75. The van der Waals surface area contributed by atoms with Crippen LogP contribution in [0.5, 0.6) is 0 Å². The first-order chi connectivity index (χ1) is 8.27. The van der Waals surface area contributed by atoms with Gasteiger partial charge >= 0.3 is 0 Å². The highest BCUT2D eigenvalue weighted by molar-refractivity contribution is 14.1. The van der Waals surface area contributed by atoms with Crippen molar-refractivity contribution in [3.8, 4) is 0 Å². The summed E-state index contributed by atoms with van der Waals surface area (Å²) in [5.41, 5.74) is 0. The minimum Gasteiger partial charge on any atom is -0.227 e. The van der Waals surface area contributed by atoms with E-state index in [1.54, 1.807) is 0 Å². The molecule has 2 aliphatic rings. The normalized spacial score (nSPS) is 37.8. The van der Waals surface area contributed by atoms with Crippen LogP contribution < -0.4 is 0 Å². The van der Waals surface area contributed by atoms with Gasteiger partial charge in [0.15, 0.2) is 0 Å². The van der Waals surface area contributed by atoms with Crippen LogP contribution in [0, 0.1) is 18.8 Å². The minimum absolute atomic E-state index is 0.557. The van der Waals surface area contributed by atoms with Crippen LogP contribution in [0.25, 0.3) is 0 Å². The van der Waals surface area contributed by atoms with Crippen LogP contribution in [-0.4, -0.2) is 24.1 Å². The van der Waals surface area contributed by atoms with Crippen LogP contribution >= 0.6 is 22.6 Å². The molecule has 2 aliphatic carbocycles. The van der Waals surface area contributed by atoms with Gasteiger partial charge < -0.3 is 0 Å². The molecule has 0 aromatic carbocycles. The van der Waals surface area contributed by atoms with Gasteiger partial charge in [0.1, 0.15) is 5.82 Å². The first kappa shape index (κ1) is 11.9. The quantitative estimate of drug-likeness (QED) is 0.580. The molecule has 4 nitrogen and oxygen atoms in total. The Kier molecular flexibility index (Phi) is 3.36. The van der Waals surface area contributed by atoms with Gasteiger partial charge in [-0.1, -0.05) is 35.4 Å². The Morgan fingerprint density at radius 1 is 1.12 bits per heavy atom. The van der Waals surface area contributed by atoms with E-state index in [9.17, 15) is 0 Å². The molecule has 2 fully saturated rings. The van der Waals surface area contributed by atoms with Gasteiger partial charge in [-0.2, -0.15) is 0 Å². The van der Waals surface area contributed by atoms with Crippen molar-refractivity contribution in [2.45, 2.75) is 55.4 Å². The van der Waals surface area contributed by atoms with Crippen LogP contribution in [0.3, 0.4) is 0 Å². The molecule has 0 radical (unpaired) electrons.